The maximum atomic E-state index is 11.6. The molecular formula is C18H19NO. The second-order valence-corrected chi connectivity index (χ2v) is 5.66. The molecule has 102 valence electrons. The van der Waals surface area contributed by atoms with Crippen molar-refractivity contribution < 1.29 is 4.79 Å². The molecule has 1 amide bonds. The van der Waals surface area contributed by atoms with E-state index in [4.69, 9.17) is 5.73 Å². The molecular weight excluding hydrogens is 246 g/mol. The Balaban J connectivity index is 2.08. The fourth-order valence-corrected chi connectivity index (χ4v) is 3.49. The molecule has 1 saturated carbocycles. The van der Waals surface area contributed by atoms with E-state index in [0.29, 0.717) is 0 Å². The van der Waals surface area contributed by atoms with Gasteiger partial charge in [-0.3, -0.25) is 4.79 Å². The summed E-state index contributed by atoms with van der Waals surface area (Å²) >= 11 is 0. The Bertz CT molecular complexity index is 552. The number of benzene rings is 2. The highest BCUT2D eigenvalue weighted by molar-refractivity contribution is 5.77. The number of nitrogens with two attached hydrogens (primary N) is 1. The first kappa shape index (κ1) is 12.9. The summed E-state index contributed by atoms with van der Waals surface area (Å²) < 4.78 is 0. The first-order valence-corrected chi connectivity index (χ1v) is 7.13. The van der Waals surface area contributed by atoms with Crippen molar-refractivity contribution in [3.63, 3.8) is 0 Å². The van der Waals surface area contributed by atoms with Gasteiger partial charge in [0.05, 0.1) is 0 Å². The molecule has 0 aliphatic heterocycles. The highest BCUT2D eigenvalue weighted by Gasteiger charge is 2.43. The van der Waals surface area contributed by atoms with Crippen LogP contribution < -0.4 is 5.73 Å². The zero-order chi connectivity index (χ0) is 14.0. The average molecular weight is 265 g/mol. The number of hydrogen-bond acceptors (Lipinski definition) is 1. The molecule has 1 aliphatic carbocycles. The van der Waals surface area contributed by atoms with E-state index in [1.807, 2.05) is 12.1 Å². The molecule has 1 aliphatic rings. The van der Waals surface area contributed by atoms with Crippen LogP contribution in [0.5, 0.6) is 0 Å². The van der Waals surface area contributed by atoms with Crippen LogP contribution >= 0.6 is 0 Å². The summed E-state index contributed by atoms with van der Waals surface area (Å²) in [5, 5.41) is 0. The molecule has 2 aromatic carbocycles. The Morgan fingerprint density at radius 3 is 1.85 bits per heavy atom. The number of carbonyl (C=O) groups excluding carboxylic acids is 1. The Hall–Kier alpha value is -2.09. The summed E-state index contributed by atoms with van der Waals surface area (Å²) in [6.45, 7) is 0. The van der Waals surface area contributed by atoms with Crippen LogP contribution in [-0.2, 0) is 10.2 Å². The normalized spacial score (nSPS) is 20.7. The van der Waals surface area contributed by atoms with Crippen LogP contribution in [0.4, 0.5) is 0 Å². The minimum absolute atomic E-state index is 0.0181. The van der Waals surface area contributed by atoms with Crippen molar-refractivity contribution in [2.75, 3.05) is 0 Å². The van der Waals surface area contributed by atoms with Gasteiger partial charge in [0.2, 0.25) is 5.91 Å². The Labute approximate surface area is 119 Å². The highest BCUT2D eigenvalue weighted by atomic mass is 16.1. The van der Waals surface area contributed by atoms with Gasteiger partial charge in [-0.05, 0) is 30.4 Å². The third kappa shape index (κ3) is 2.11. The van der Waals surface area contributed by atoms with Gasteiger partial charge >= 0.3 is 0 Å². The Kier molecular flexibility index (Phi) is 3.31. The molecule has 2 N–H and O–H groups in total. The number of rotatable bonds is 3. The van der Waals surface area contributed by atoms with Gasteiger partial charge in [0.15, 0.2) is 0 Å². The largest absolute Gasteiger partial charge is 0.369 e. The van der Waals surface area contributed by atoms with E-state index in [-0.39, 0.29) is 17.2 Å². The first-order valence-electron chi connectivity index (χ1n) is 7.13. The molecule has 1 atom stereocenters. The van der Waals surface area contributed by atoms with Gasteiger partial charge < -0.3 is 5.73 Å². The molecule has 2 aromatic rings. The lowest BCUT2D eigenvalue weighted by Gasteiger charge is -2.31. The summed E-state index contributed by atoms with van der Waals surface area (Å²) in [7, 11) is 0. The number of carbonyl (C=O) groups is 1. The number of amides is 1. The standard InChI is InChI=1S/C18H19NO/c19-17(20)14-11-12-18(13-14,15-7-3-1-4-8-15)16-9-5-2-6-10-16/h1-10,14H,11-13H2,(H2,19,20). The lowest BCUT2D eigenvalue weighted by Crippen LogP contribution is -2.27. The quantitative estimate of drug-likeness (QED) is 0.909. The van der Waals surface area contributed by atoms with E-state index in [0.717, 1.165) is 19.3 Å². The molecule has 1 fully saturated rings. The SMILES string of the molecule is NC(=O)C1CCC(c2ccccc2)(c2ccccc2)C1. The van der Waals surface area contributed by atoms with Crippen LogP contribution in [0.25, 0.3) is 0 Å². The van der Waals surface area contributed by atoms with Gasteiger partial charge in [0, 0.05) is 11.3 Å². The Morgan fingerprint density at radius 1 is 0.950 bits per heavy atom. The van der Waals surface area contributed by atoms with E-state index < -0.39 is 0 Å². The van der Waals surface area contributed by atoms with E-state index in [1.54, 1.807) is 0 Å². The van der Waals surface area contributed by atoms with Crippen molar-refractivity contribution >= 4 is 5.91 Å². The Morgan fingerprint density at radius 2 is 1.45 bits per heavy atom. The van der Waals surface area contributed by atoms with Crippen LogP contribution in [0.2, 0.25) is 0 Å². The molecule has 0 saturated heterocycles. The molecule has 2 heteroatoms. The van der Waals surface area contributed by atoms with Crippen LogP contribution in [-0.4, -0.2) is 5.91 Å². The van der Waals surface area contributed by atoms with Gasteiger partial charge in [-0.1, -0.05) is 60.7 Å². The molecule has 3 rings (SSSR count). The maximum absolute atomic E-state index is 11.6. The zero-order valence-corrected chi connectivity index (χ0v) is 11.5. The third-order valence-corrected chi connectivity index (χ3v) is 4.57. The molecule has 1 unspecified atom stereocenters. The predicted octanol–water partition coefficient (Wildman–Crippen LogP) is 3.26. The second kappa shape index (κ2) is 5.12. The van der Waals surface area contributed by atoms with Gasteiger partial charge in [0.1, 0.15) is 0 Å². The van der Waals surface area contributed by atoms with E-state index in [2.05, 4.69) is 48.5 Å². The zero-order valence-electron chi connectivity index (χ0n) is 11.5. The highest BCUT2D eigenvalue weighted by Crippen LogP contribution is 2.48. The first-order chi connectivity index (χ1) is 9.72. The van der Waals surface area contributed by atoms with Crippen molar-refractivity contribution in [1.29, 1.82) is 0 Å². The number of primary amides is 1. The monoisotopic (exact) mass is 265 g/mol. The van der Waals surface area contributed by atoms with Crippen LogP contribution in [0.1, 0.15) is 30.4 Å². The molecule has 0 heterocycles. The maximum Gasteiger partial charge on any atom is 0.220 e. The minimum atomic E-state index is -0.168. The second-order valence-electron chi connectivity index (χ2n) is 5.66. The minimum Gasteiger partial charge on any atom is -0.369 e. The van der Waals surface area contributed by atoms with Gasteiger partial charge in [-0.25, -0.2) is 0 Å². The number of hydrogen-bond donors (Lipinski definition) is 1. The summed E-state index contributed by atoms with van der Waals surface area (Å²) in [5.41, 5.74) is 8.04. The summed E-state index contributed by atoms with van der Waals surface area (Å²) in [6, 6.07) is 21.0. The molecule has 0 bridgehead atoms. The average Bonchev–Trinajstić information content (AvgIpc) is 2.96. The fourth-order valence-electron chi connectivity index (χ4n) is 3.49. The smallest absolute Gasteiger partial charge is 0.220 e. The summed E-state index contributed by atoms with van der Waals surface area (Å²) in [4.78, 5) is 11.6. The molecule has 0 radical (unpaired) electrons. The lowest BCUT2D eigenvalue weighted by atomic mass is 9.72. The molecule has 2 nitrogen and oxygen atoms in total. The van der Waals surface area contributed by atoms with Crippen LogP contribution in [0.3, 0.4) is 0 Å². The topological polar surface area (TPSA) is 43.1 Å². The van der Waals surface area contributed by atoms with Crippen molar-refractivity contribution in [3.8, 4) is 0 Å². The van der Waals surface area contributed by atoms with Crippen LogP contribution in [0.15, 0.2) is 60.7 Å². The predicted molar refractivity (Wildman–Crippen MR) is 80.2 cm³/mol. The fraction of sp³-hybridized carbons (Fsp3) is 0.278. The van der Waals surface area contributed by atoms with E-state index >= 15 is 0 Å². The third-order valence-electron chi connectivity index (χ3n) is 4.57. The van der Waals surface area contributed by atoms with Gasteiger partial charge in [-0.2, -0.15) is 0 Å². The lowest BCUT2D eigenvalue weighted by molar-refractivity contribution is -0.121. The van der Waals surface area contributed by atoms with Gasteiger partial charge in [0.25, 0.3) is 0 Å². The van der Waals surface area contributed by atoms with E-state index in [9.17, 15) is 4.79 Å². The van der Waals surface area contributed by atoms with Crippen molar-refractivity contribution in [3.05, 3.63) is 71.8 Å². The van der Waals surface area contributed by atoms with E-state index in [1.165, 1.54) is 11.1 Å². The van der Waals surface area contributed by atoms with Crippen molar-refractivity contribution in [2.45, 2.75) is 24.7 Å². The van der Waals surface area contributed by atoms with Gasteiger partial charge in [-0.15, -0.1) is 0 Å². The summed E-state index contributed by atoms with van der Waals surface area (Å²) in [5.74, 6) is -0.186. The van der Waals surface area contributed by atoms with Crippen molar-refractivity contribution in [1.82, 2.24) is 0 Å². The molecule has 0 spiro atoms. The van der Waals surface area contributed by atoms with Crippen molar-refractivity contribution in [2.24, 2.45) is 11.7 Å². The molecule has 0 aromatic heterocycles. The molecule has 20 heavy (non-hydrogen) atoms. The summed E-state index contributed by atoms with van der Waals surface area (Å²) in [6.07, 6.45) is 2.67. The van der Waals surface area contributed by atoms with Crippen LogP contribution in [0, 0.1) is 5.92 Å².